The number of nitrogens with one attached hydrogen (secondary N) is 1. The molecule has 0 aromatic heterocycles. The van der Waals surface area contributed by atoms with Gasteiger partial charge >= 0.3 is 0 Å². The fraction of sp³-hybridized carbons (Fsp3) is 0.786. The summed E-state index contributed by atoms with van der Waals surface area (Å²) >= 11 is 0. The molecular weight excluding hydrogens is 983 g/mol. The van der Waals surface area contributed by atoms with Crippen LogP contribution in [-0.2, 0) is 14.3 Å². The van der Waals surface area contributed by atoms with Crippen molar-refractivity contribution in [3.05, 3.63) is 85.1 Å². The highest BCUT2D eigenvalue weighted by Crippen LogP contribution is 2.23. The van der Waals surface area contributed by atoms with Crippen LogP contribution in [0.1, 0.15) is 296 Å². The molecule has 0 saturated carbocycles. The van der Waals surface area contributed by atoms with E-state index >= 15 is 0 Å². The highest BCUT2D eigenvalue weighted by molar-refractivity contribution is 5.76. The molecule has 1 rings (SSSR count). The Bertz CT molecular complexity index is 1520. The van der Waals surface area contributed by atoms with Gasteiger partial charge in [-0.25, -0.2) is 0 Å². The predicted molar refractivity (Wildman–Crippen MR) is 336 cm³/mol. The fourth-order valence-electron chi connectivity index (χ4n) is 10.3. The first-order valence-corrected chi connectivity index (χ1v) is 33.3. The molecule has 0 spiro atoms. The first-order chi connectivity index (χ1) is 38.8. The molecule has 79 heavy (non-hydrogen) atoms. The van der Waals surface area contributed by atoms with Gasteiger partial charge in [0.05, 0.1) is 25.4 Å². The van der Waals surface area contributed by atoms with Gasteiger partial charge in [-0.1, -0.05) is 304 Å². The molecule has 1 aliphatic heterocycles. The van der Waals surface area contributed by atoms with Crippen molar-refractivity contribution in [2.24, 2.45) is 0 Å². The molecule has 458 valence electrons. The summed E-state index contributed by atoms with van der Waals surface area (Å²) in [5.41, 5.74) is 0. The summed E-state index contributed by atoms with van der Waals surface area (Å²) in [5.74, 6) is -0.191. The Balaban J connectivity index is 2.18. The number of carbonyl (C=O) groups is 1. The first kappa shape index (κ1) is 74.4. The second kappa shape index (κ2) is 58.6. The SMILES string of the molecule is CC/C=C\C/C=C\C/C=C\C/C=C\C/C=C\C/C=C\CCCCCCCCC(=O)NC(COC1OC(CO)C(O)C(O)C1O)C(O)/C=C/CCCCCCCCCCCCCCCCCCCCCCCCCCCCCCC. The quantitative estimate of drug-likeness (QED) is 0.0261. The minimum absolute atomic E-state index is 0.191. The van der Waals surface area contributed by atoms with Crippen molar-refractivity contribution in [1.82, 2.24) is 5.32 Å². The normalized spacial score (nSPS) is 19.1. The number of carbonyl (C=O) groups excluding carboxylic acids is 1. The van der Waals surface area contributed by atoms with Gasteiger partial charge in [0, 0.05) is 6.42 Å². The number of allylic oxidation sites excluding steroid dienone is 13. The highest BCUT2D eigenvalue weighted by Gasteiger charge is 2.44. The summed E-state index contributed by atoms with van der Waals surface area (Å²) in [4.78, 5) is 13.1. The van der Waals surface area contributed by atoms with Crippen LogP contribution in [0.5, 0.6) is 0 Å². The Hall–Kier alpha value is -2.63. The van der Waals surface area contributed by atoms with E-state index < -0.39 is 49.5 Å². The van der Waals surface area contributed by atoms with Crippen LogP contribution < -0.4 is 5.32 Å². The molecule has 6 N–H and O–H groups in total. The lowest BCUT2D eigenvalue weighted by Crippen LogP contribution is -2.60. The van der Waals surface area contributed by atoms with E-state index in [1.54, 1.807) is 6.08 Å². The van der Waals surface area contributed by atoms with Gasteiger partial charge in [-0.15, -0.1) is 0 Å². The van der Waals surface area contributed by atoms with E-state index in [4.69, 9.17) is 9.47 Å². The van der Waals surface area contributed by atoms with Crippen LogP contribution in [0.4, 0.5) is 0 Å². The van der Waals surface area contributed by atoms with Crippen molar-refractivity contribution in [3.63, 3.8) is 0 Å². The summed E-state index contributed by atoms with van der Waals surface area (Å²) in [6, 6.07) is -0.821. The zero-order valence-corrected chi connectivity index (χ0v) is 51.1. The average molecular weight is 1110 g/mol. The number of hydrogen-bond donors (Lipinski definition) is 6. The van der Waals surface area contributed by atoms with E-state index in [9.17, 15) is 30.3 Å². The number of amides is 1. The molecule has 7 atom stereocenters. The summed E-state index contributed by atoms with van der Waals surface area (Å²) in [6.45, 7) is 3.68. The Morgan fingerprint density at radius 3 is 1.16 bits per heavy atom. The van der Waals surface area contributed by atoms with Crippen LogP contribution in [-0.4, -0.2) is 87.5 Å². The molecule has 9 heteroatoms. The Morgan fingerprint density at radius 1 is 0.443 bits per heavy atom. The fourth-order valence-corrected chi connectivity index (χ4v) is 10.3. The molecule has 9 nitrogen and oxygen atoms in total. The monoisotopic (exact) mass is 1110 g/mol. The first-order valence-electron chi connectivity index (χ1n) is 33.3. The lowest BCUT2D eigenvalue weighted by atomic mass is 9.99. The average Bonchev–Trinajstić information content (AvgIpc) is 3.47. The molecule has 7 unspecified atom stereocenters. The largest absolute Gasteiger partial charge is 0.394 e. The van der Waals surface area contributed by atoms with Crippen molar-refractivity contribution >= 4 is 5.91 Å². The van der Waals surface area contributed by atoms with Gasteiger partial charge < -0.3 is 40.3 Å². The minimum Gasteiger partial charge on any atom is -0.394 e. The van der Waals surface area contributed by atoms with Gasteiger partial charge in [-0.2, -0.15) is 0 Å². The smallest absolute Gasteiger partial charge is 0.220 e. The lowest BCUT2D eigenvalue weighted by Gasteiger charge is -2.40. The summed E-state index contributed by atoms with van der Waals surface area (Å²) < 4.78 is 11.3. The van der Waals surface area contributed by atoms with Gasteiger partial charge in [0.15, 0.2) is 6.29 Å². The molecule has 0 bridgehead atoms. The van der Waals surface area contributed by atoms with Gasteiger partial charge in [0.2, 0.25) is 5.91 Å². The van der Waals surface area contributed by atoms with Crippen molar-refractivity contribution in [2.75, 3.05) is 13.2 Å². The Labute approximate surface area is 486 Å². The van der Waals surface area contributed by atoms with Crippen LogP contribution in [0.2, 0.25) is 0 Å². The number of hydrogen-bond acceptors (Lipinski definition) is 8. The number of aliphatic hydroxyl groups excluding tert-OH is 5. The molecule has 1 heterocycles. The van der Waals surface area contributed by atoms with Crippen molar-refractivity contribution in [3.8, 4) is 0 Å². The zero-order chi connectivity index (χ0) is 57.2. The van der Waals surface area contributed by atoms with Gasteiger partial charge in [-0.05, 0) is 70.6 Å². The Kier molecular flexibility index (Phi) is 55.1. The summed E-state index contributed by atoms with van der Waals surface area (Å²) in [6.07, 6.45) is 76.7. The maximum Gasteiger partial charge on any atom is 0.220 e. The van der Waals surface area contributed by atoms with Crippen molar-refractivity contribution < 1.29 is 39.8 Å². The number of rotatable bonds is 57. The molecule has 0 radical (unpaired) electrons. The van der Waals surface area contributed by atoms with Crippen molar-refractivity contribution in [1.29, 1.82) is 0 Å². The number of aliphatic hydroxyl groups is 5. The van der Waals surface area contributed by atoms with Gasteiger partial charge in [-0.3, -0.25) is 4.79 Å². The lowest BCUT2D eigenvalue weighted by molar-refractivity contribution is -0.302. The minimum atomic E-state index is -1.58. The van der Waals surface area contributed by atoms with Gasteiger partial charge in [0.1, 0.15) is 24.4 Å². The molecule has 0 aromatic rings. The molecule has 1 fully saturated rings. The molecule has 0 aliphatic carbocycles. The van der Waals surface area contributed by atoms with E-state index in [2.05, 4.69) is 92.1 Å². The van der Waals surface area contributed by atoms with E-state index in [-0.39, 0.29) is 12.5 Å². The zero-order valence-electron chi connectivity index (χ0n) is 51.1. The van der Waals surface area contributed by atoms with Crippen LogP contribution in [0.15, 0.2) is 85.1 Å². The molecule has 1 aliphatic rings. The third-order valence-corrected chi connectivity index (χ3v) is 15.5. The van der Waals surface area contributed by atoms with Crippen LogP contribution >= 0.6 is 0 Å². The standard InChI is InChI=1S/C70H125NO8/c1-3-5-7-9-11-13-15-17-19-21-23-25-27-29-30-31-32-33-34-36-37-39-41-43-45-47-49-51-53-55-57-59-64(73)63(62-78-70-69(77)68(76)67(75)65(61-72)79-70)71-66(74)60-58-56-54-52-50-48-46-44-42-40-38-35-28-26-24-22-20-18-16-14-12-10-8-6-4-2/h6,8,12,14,18,20,24,26,35,38,42,44,57,59,63-65,67-70,72-73,75-77H,3-5,7,9-11,13,15-17,19,21-23,25,27-34,36-37,39-41,43,45-56,58,60-62H2,1-2H3,(H,71,74)/b8-6-,14-12-,20-18-,26-24-,38-35-,44-42-,59-57+. The Morgan fingerprint density at radius 2 is 0.785 bits per heavy atom. The van der Waals surface area contributed by atoms with Crippen LogP contribution in [0.25, 0.3) is 0 Å². The summed E-state index contributed by atoms with van der Waals surface area (Å²) in [5, 5.41) is 54.7. The highest BCUT2D eigenvalue weighted by atomic mass is 16.7. The third-order valence-electron chi connectivity index (χ3n) is 15.5. The van der Waals surface area contributed by atoms with E-state index in [1.165, 1.54) is 173 Å². The van der Waals surface area contributed by atoms with E-state index in [0.717, 1.165) is 103 Å². The maximum atomic E-state index is 13.1. The molecule has 0 aromatic carbocycles. The summed E-state index contributed by atoms with van der Waals surface area (Å²) in [7, 11) is 0. The third kappa shape index (κ3) is 47.6. The van der Waals surface area contributed by atoms with E-state index in [0.29, 0.717) is 6.42 Å². The van der Waals surface area contributed by atoms with Gasteiger partial charge in [0.25, 0.3) is 0 Å². The second-order valence-electron chi connectivity index (χ2n) is 22.9. The number of ether oxygens (including phenoxy) is 2. The van der Waals surface area contributed by atoms with Crippen LogP contribution in [0.3, 0.4) is 0 Å². The van der Waals surface area contributed by atoms with Crippen LogP contribution in [0, 0.1) is 0 Å². The maximum absolute atomic E-state index is 13.1. The molecule has 1 amide bonds. The topological polar surface area (TPSA) is 149 Å². The van der Waals surface area contributed by atoms with E-state index in [1.807, 2.05) is 6.08 Å². The number of unbranched alkanes of at least 4 members (excludes halogenated alkanes) is 35. The molecule has 1 saturated heterocycles. The second-order valence-corrected chi connectivity index (χ2v) is 22.9. The van der Waals surface area contributed by atoms with Crippen molar-refractivity contribution in [2.45, 2.75) is 339 Å². The predicted octanol–water partition coefficient (Wildman–Crippen LogP) is 17.7. The molecular formula is C70H125NO8.